The van der Waals surface area contributed by atoms with Gasteiger partial charge >= 0.3 is 0 Å². The third kappa shape index (κ3) is 2.06. The lowest BCUT2D eigenvalue weighted by Crippen LogP contribution is -2.27. The maximum atomic E-state index is 5.34. The first-order valence-corrected chi connectivity index (χ1v) is 5.06. The van der Waals surface area contributed by atoms with E-state index in [0.29, 0.717) is 12.8 Å². The minimum absolute atomic E-state index is 0.296. The van der Waals surface area contributed by atoms with Crippen molar-refractivity contribution in [3.63, 3.8) is 0 Å². The molecule has 0 aliphatic carbocycles. The van der Waals surface area contributed by atoms with E-state index in [1.807, 2.05) is 26.2 Å². The normalized spacial score (nSPS) is 15.3. The first kappa shape index (κ1) is 10.3. The molecule has 0 fully saturated rings. The van der Waals surface area contributed by atoms with Crippen LogP contribution in [0.2, 0.25) is 0 Å². The lowest BCUT2D eigenvalue weighted by Gasteiger charge is -2.16. The summed E-state index contributed by atoms with van der Waals surface area (Å²) >= 11 is 0. The Balaban J connectivity index is 2.20. The Labute approximate surface area is 89.6 Å². The number of ether oxygens (including phenoxy) is 2. The number of hydrogen-bond acceptors (Lipinski definition) is 4. The SMILES string of the molecule is CNCC(NC)c1ccc2c(c1)OCO2. The fourth-order valence-electron chi connectivity index (χ4n) is 1.72. The smallest absolute Gasteiger partial charge is 0.231 e. The van der Waals surface area contributed by atoms with Gasteiger partial charge in [0, 0.05) is 12.6 Å². The second kappa shape index (κ2) is 4.51. The Morgan fingerprint density at radius 1 is 1.27 bits per heavy atom. The Hall–Kier alpha value is -1.26. The highest BCUT2D eigenvalue weighted by atomic mass is 16.7. The number of likely N-dealkylation sites (N-methyl/N-ethyl adjacent to an activating group) is 2. The molecular formula is C11H16N2O2. The monoisotopic (exact) mass is 208 g/mol. The quantitative estimate of drug-likeness (QED) is 0.771. The first-order chi connectivity index (χ1) is 7.35. The molecule has 1 aliphatic heterocycles. The first-order valence-electron chi connectivity index (χ1n) is 5.06. The predicted molar refractivity (Wildman–Crippen MR) is 58.3 cm³/mol. The molecule has 4 heteroatoms. The Kier molecular flexibility index (Phi) is 3.08. The molecule has 0 amide bonds. The largest absolute Gasteiger partial charge is 0.454 e. The van der Waals surface area contributed by atoms with Crippen molar-refractivity contribution in [1.29, 1.82) is 0 Å². The van der Waals surface area contributed by atoms with Gasteiger partial charge in [0.1, 0.15) is 0 Å². The minimum atomic E-state index is 0.296. The van der Waals surface area contributed by atoms with Gasteiger partial charge in [0.25, 0.3) is 0 Å². The van der Waals surface area contributed by atoms with E-state index in [2.05, 4.69) is 16.7 Å². The highest BCUT2D eigenvalue weighted by Gasteiger charge is 2.16. The van der Waals surface area contributed by atoms with Gasteiger partial charge < -0.3 is 20.1 Å². The van der Waals surface area contributed by atoms with Gasteiger partial charge in [0.15, 0.2) is 11.5 Å². The van der Waals surface area contributed by atoms with Gasteiger partial charge in [-0.25, -0.2) is 0 Å². The van der Waals surface area contributed by atoms with Crippen molar-refractivity contribution in [3.8, 4) is 11.5 Å². The Bertz CT molecular complexity index is 341. The summed E-state index contributed by atoms with van der Waals surface area (Å²) in [5.74, 6) is 1.67. The predicted octanol–water partition coefficient (Wildman–Crippen LogP) is 0.895. The van der Waals surface area contributed by atoms with E-state index < -0.39 is 0 Å². The fourth-order valence-corrected chi connectivity index (χ4v) is 1.72. The molecule has 2 rings (SSSR count). The molecule has 1 heterocycles. The van der Waals surface area contributed by atoms with Gasteiger partial charge in [-0.2, -0.15) is 0 Å². The Morgan fingerprint density at radius 3 is 2.80 bits per heavy atom. The van der Waals surface area contributed by atoms with Crippen LogP contribution < -0.4 is 20.1 Å². The molecule has 2 N–H and O–H groups in total. The van der Waals surface area contributed by atoms with E-state index in [4.69, 9.17) is 9.47 Å². The molecule has 1 atom stereocenters. The number of nitrogens with one attached hydrogen (secondary N) is 2. The summed E-state index contributed by atoms with van der Waals surface area (Å²) in [6, 6.07) is 6.34. The summed E-state index contributed by atoms with van der Waals surface area (Å²) in [5.41, 5.74) is 1.20. The van der Waals surface area contributed by atoms with Gasteiger partial charge in [-0.05, 0) is 31.8 Å². The van der Waals surface area contributed by atoms with E-state index in [0.717, 1.165) is 18.0 Å². The van der Waals surface area contributed by atoms with Crippen LogP contribution in [0.5, 0.6) is 11.5 Å². The van der Waals surface area contributed by atoms with Gasteiger partial charge in [0.2, 0.25) is 6.79 Å². The fraction of sp³-hybridized carbons (Fsp3) is 0.455. The summed E-state index contributed by atoms with van der Waals surface area (Å²) in [6.07, 6.45) is 0. The lowest BCUT2D eigenvalue weighted by atomic mass is 10.1. The van der Waals surface area contributed by atoms with Gasteiger partial charge in [-0.3, -0.25) is 0 Å². The second-order valence-corrected chi connectivity index (χ2v) is 3.51. The molecule has 0 aromatic heterocycles. The van der Waals surface area contributed by atoms with E-state index in [9.17, 15) is 0 Å². The standard InChI is InChI=1S/C11H16N2O2/c1-12-6-9(13-2)8-3-4-10-11(5-8)15-7-14-10/h3-5,9,12-13H,6-7H2,1-2H3. The van der Waals surface area contributed by atoms with E-state index >= 15 is 0 Å². The lowest BCUT2D eigenvalue weighted by molar-refractivity contribution is 0.174. The molecule has 0 saturated carbocycles. The van der Waals surface area contributed by atoms with Crippen LogP contribution in [-0.4, -0.2) is 27.4 Å². The molecular weight excluding hydrogens is 192 g/mol. The zero-order chi connectivity index (χ0) is 10.7. The van der Waals surface area contributed by atoms with Crippen LogP contribution in [0.25, 0.3) is 0 Å². The van der Waals surface area contributed by atoms with Crippen LogP contribution in [-0.2, 0) is 0 Å². The summed E-state index contributed by atoms with van der Waals surface area (Å²) in [6.45, 7) is 1.21. The van der Waals surface area contributed by atoms with Crippen molar-refractivity contribution in [1.82, 2.24) is 10.6 Å². The molecule has 0 spiro atoms. The van der Waals surface area contributed by atoms with Crippen LogP contribution in [0.15, 0.2) is 18.2 Å². The third-order valence-corrected chi connectivity index (χ3v) is 2.56. The molecule has 82 valence electrons. The molecule has 1 aliphatic rings. The van der Waals surface area contributed by atoms with Gasteiger partial charge in [-0.15, -0.1) is 0 Å². The summed E-state index contributed by atoms with van der Waals surface area (Å²) in [4.78, 5) is 0. The molecule has 0 saturated heterocycles. The van der Waals surface area contributed by atoms with Gasteiger partial charge in [-0.1, -0.05) is 6.07 Å². The van der Waals surface area contributed by atoms with Gasteiger partial charge in [0.05, 0.1) is 0 Å². The molecule has 15 heavy (non-hydrogen) atoms. The highest BCUT2D eigenvalue weighted by Crippen LogP contribution is 2.33. The van der Waals surface area contributed by atoms with Crippen LogP contribution in [0.3, 0.4) is 0 Å². The molecule has 4 nitrogen and oxygen atoms in total. The third-order valence-electron chi connectivity index (χ3n) is 2.56. The van der Waals surface area contributed by atoms with Crippen LogP contribution in [0.1, 0.15) is 11.6 Å². The highest BCUT2D eigenvalue weighted by molar-refractivity contribution is 5.45. The molecule has 1 aromatic carbocycles. The van der Waals surface area contributed by atoms with Crippen molar-refractivity contribution in [2.45, 2.75) is 6.04 Å². The van der Waals surface area contributed by atoms with Crippen molar-refractivity contribution in [3.05, 3.63) is 23.8 Å². The van der Waals surface area contributed by atoms with Crippen LogP contribution in [0, 0.1) is 0 Å². The number of hydrogen-bond donors (Lipinski definition) is 2. The second-order valence-electron chi connectivity index (χ2n) is 3.51. The maximum Gasteiger partial charge on any atom is 0.231 e. The molecule has 0 radical (unpaired) electrons. The number of fused-ring (bicyclic) bond motifs is 1. The molecule has 0 bridgehead atoms. The Morgan fingerprint density at radius 2 is 2.07 bits per heavy atom. The maximum absolute atomic E-state index is 5.34. The van der Waals surface area contributed by atoms with Crippen molar-refractivity contribution in [2.75, 3.05) is 27.4 Å². The van der Waals surface area contributed by atoms with Crippen molar-refractivity contribution >= 4 is 0 Å². The molecule has 1 aromatic rings. The van der Waals surface area contributed by atoms with Crippen molar-refractivity contribution in [2.24, 2.45) is 0 Å². The van der Waals surface area contributed by atoms with E-state index in [-0.39, 0.29) is 0 Å². The number of benzene rings is 1. The summed E-state index contributed by atoms with van der Waals surface area (Å²) in [5, 5.41) is 6.40. The average molecular weight is 208 g/mol. The van der Waals surface area contributed by atoms with Crippen molar-refractivity contribution < 1.29 is 9.47 Å². The zero-order valence-corrected chi connectivity index (χ0v) is 9.04. The number of rotatable bonds is 4. The minimum Gasteiger partial charge on any atom is -0.454 e. The topological polar surface area (TPSA) is 42.5 Å². The average Bonchev–Trinajstić information content (AvgIpc) is 2.72. The summed E-state index contributed by atoms with van der Waals surface area (Å²) in [7, 11) is 3.89. The van der Waals surface area contributed by atoms with E-state index in [1.54, 1.807) is 0 Å². The van der Waals surface area contributed by atoms with Crippen LogP contribution in [0.4, 0.5) is 0 Å². The molecule has 1 unspecified atom stereocenters. The van der Waals surface area contributed by atoms with Crippen LogP contribution >= 0.6 is 0 Å². The van der Waals surface area contributed by atoms with E-state index in [1.165, 1.54) is 5.56 Å². The summed E-state index contributed by atoms with van der Waals surface area (Å²) < 4.78 is 10.6. The zero-order valence-electron chi connectivity index (χ0n) is 9.04.